The maximum Gasteiger partial charge on any atom is 0.109 e. The molecule has 0 aliphatic heterocycles. The highest BCUT2D eigenvalue weighted by atomic mass is 15.1. The van der Waals surface area contributed by atoms with E-state index in [1.54, 1.807) is 0 Å². The zero-order chi connectivity index (χ0) is 15.2. The Balaban J connectivity index is 1.59. The third-order valence-electron chi connectivity index (χ3n) is 4.20. The van der Waals surface area contributed by atoms with Gasteiger partial charge in [0.2, 0.25) is 0 Å². The smallest absolute Gasteiger partial charge is 0.109 e. The molecule has 0 spiro atoms. The van der Waals surface area contributed by atoms with Gasteiger partial charge in [-0.1, -0.05) is 36.4 Å². The molecular weight excluding hydrogens is 284 g/mol. The van der Waals surface area contributed by atoms with Crippen LogP contribution in [0.5, 0.6) is 0 Å². The van der Waals surface area contributed by atoms with E-state index >= 15 is 0 Å². The summed E-state index contributed by atoms with van der Waals surface area (Å²) in [7, 11) is 0. The third kappa shape index (κ3) is 1.96. The van der Waals surface area contributed by atoms with Gasteiger partial charge in [0, 0.05) is 21.8 Å². The van der Waals surface area contributed by atoms with Crippen LogP contribution in [0.25, 0.3) is 44.6 Å². The lowest BCUT2D eigenvalue weighted by Gasteiger charge is -1.89. The molecule has 5 rings (SSSR count). The third-order valence-corrected chi connectivity index (χ3v) is 4.20. The lowest BCUT2D eigenvalue weighted by Crippen LogP contribution is -1.76. The SMILES string of the molecule is c1ccc2[nH]c(-c3cc(-c4cc5ccccc5[nH]4)[nH]n3)cc2c1. The number of fused-ring (bicyclic) bond motifs is 2. The fraction of sp³-hybridized carbons (Fsp3) is 0. The van der Waals surface area contributed by atoms with Crippen LogP contribution >= 0.6 is 0 Å². The van der Waals surface area contributed by atoms with Crippen molar-refractivity contribution < 1.29 is 0 Å². The van der Waals surface area contributed by atoms with E-state index in [0.717, 1.165) is 33.8 Å². The van der Waals surface area contributed by atoms with Gasteiger partial charge >= 0.3 is 0 Å². The van der Waals surface area contributed by atoms with E-state index in [2.05, 4.69) is 62.6 Å². The van der Waals surface area contributed by atoms with Crippen LogP contribution in [0, 0.1) is 0 Å². The van der Waals surface area contributed by atoms with Crippen LogP contribution in [0.2, 0.25) is 0 Å². The van der Waals surface area contributed by atoms with Crippen molar-refractivity contribution in [3.05, 3.63) is 66.7 Å². The van der Waals surface area contributed by atoms with Crippen LogP contribution in [-0.2, 0) is 0 Å². The average molecular weight is 298 g/mol. The second-order valence-electron chi connectivity index (χ2n) is 5.71. The van der Waals surface area contributed by atoms with Gasteiger partial charge in [-0.05, 0) is 30.3 Å². The molecule has 0 amide bonds. The Kier molecular flexibility index (Phi) is 2.46. The second-order valence-corrected chi connectivity index (χ2v) is 5.71. The number of aromatic amines is 3. The summed E-state index contributed by atoms with van der Waals surface area (Å²) in [6.07, 6.45) is 0. The minimum atomic E-state index is 0.912. The van der Waals surface area contributed by atoms with Crippen LogP contribution in [-0.4, -0.2) is 20.2 Å². The Bertz CT molecular complexity index is 972. The standard InChI is InChI=1S/C19H14N4/c1-3-7-14-12(5-1)9-16(20-14)18-11-19(23-22-18)17-10-13-6-2-4-8-15(13)21-17/h1-11,20-21H,(H,22,23). The molecule has 3 aromatic heterocycles. The Morgan fingerprint density at radius 1 is 0.609 bits per heavy atom. The molecule has 0 atom stereocenters. The molecule has 5 aromatic rings. The Hall–Kier alpha value is -3.27. The van der Waals surface area contributed by atoms with Crippen molar-refractivity contribution in [3.8, 4) is 22.8 Å². The predicted octanol–water partition coefficient (Wildman–Crippen LogP) is 4.71. The van der Waals surface area contributed by atoms with Crippen LogP contribution in [0.3, 0.4) is 0 Å². The van der Waals surface area contributed by atoms with Gasteiger partial charge in [-0.2, -0.15) is 5.10 Å². The average Bonchev–Trinajstić information content (AvgIpc) is 3.30. The molecule has 4 heteroatoms. The van der Waals surface area contributed by atoms with Crippen LogP contribution < -0.4 is 0 Å². The molecule has 0 radical (unpaired) electrons. The molecule has 3 heterocycles. The van der Waals surface area contributed by atoms with E-state index in [9.17, 15) is 0 Å². The highest BCUT2D eigenvalue weighted by molar-refractivity contribution is 5.87. The lowest BCUT2D eigenvalue weighted by atomic mass is 10.2. The molecule has 2 aromatic carbocycles. The minimum Gasteiger partial charge on any atom is -0.353 e. The number of hydrogen-bond donors (Lipinski definition) is 3. The molecule has 0 saturated carbocycles. The topological polar surface area (TPSA) is 60.3 Å². The fourth-order valence-electron chi connectivity index (χ4n) is 3.03. The van der Waals surface area contributed by atoms with E-state index in [1.165, 1.54) is 10.8 Å². The Morgan fingerprint density at radius 3 is 1.91 bits per heavy atom. The lowest BCUT2D eigenvalue weighted by molar-refractivity contribution is 1.09. The van der Waals surface area contributed by atoms with Crippen molar-refractivity contribution >= 4 is 21.8 Å². The molecule has 3 N–H and O–H groups in total. The van der Waals surface area contributed by atoms with Gasteiger partial charge in [0.15, 0.2) is 0 Å². The van der Waals surface area contributed by atoms with Crippen molar-refractivity contribution in [3.63, 3.8) is 0 Å². The predicted molar refractivity (Wildman–Crippen MR) is 93.2 cm³/mol. The molecule has 0 saturated heterocycles. The zero-order valence-electron chi connectivity index (χ0n) is 12.3. The van der Waals surface area contributed by atoms with Gasteiger partial charge in [-0.3, -0.25) is 5.10 Å². The number of nitrogens with one attached hydrogen (secondary N) is 3. The van der Waals surface area contributed by atoms with Gasteiger partial charge < -0.3 is 9.97 Å². The van der Waals surface area contributed by atoms with Gasteiger partial charge in [0.05, 0.1) is 17.1 Å². The van der Waals surface area contributed by atoms with Gasteiger partial charge in [-0.25, -0.2) is 0 Å². The molecule has 0 unspecified atom stereocenters. The number of aromatic nitrogens is 4. The number of rotatable bonds is 2. The van der Waals surface area contributed by atoms with Crippen molar-refractivity contribution in [1.82, 2.24) is 20.2 Å². The summed E-state index contributed by atoms with van der Waals surface area (Å²) >= 11 is 0. The molecule has 4 nitrogen and oxygen atoms in total. The molecular formula is C19H14N4. The summed E-state index contributed by atoms with van der Waals surface area (Å²) < 4.78 is 0. The number of para-hydroxylation sites is 2. The first kappa shape index (κ1) is 12.3. The summed E-state index contributed by atoms with van der Waals surface area (Å²) in [6, 6.07) is 22.8. The summed E-state index contributed by atoms with van der Waals surface area (Å²) in [4.78, 5) is 6.83. The second kappa shape index (κ2) is 4.61. The Morgan fingerprint density at radius 2 is 1.22 bits per heavy atom. The van der Waals surface area contributed by atoms with Gasteiger partial charge in [-0.15, -0.1) is 0 Å². The molecule has 0 aliphatic carbocycles. The van der Waals surface area contributed by atoms with Crippen molar-refractivity contribution in [2.75, 3.05) is 0 Å². The minimum absolute atomic E-state index is 0.912. The summed E-state index contributed by atoms with van der Waals surface area (Å²) in [5.74, 6) is 0. The van der Waals surface area contributed by atoms with Crippen molar-refractivity contribution in [2.24, 2.45) is 0 Å². The highest BCUT2D eigenvalue weighted by Crippen LogP contribution is 2.27. The molecule has 110 valence electrons. The summed E-state index contributed by atoms with van der Waals surface area (Å²) in [6.45, 7) is 0. The molecule has 0 fully saturated rings. The maximum atomic E-state index is 4.45. The van der Waals surface area contributed by atoms with E-state index in [0.29, 0.717) is 0 Å². The maximum absolute atomic E-state index is 4.45. The summed E-state index contributed by atoms with van der Waals surface area (Å²) in [5, 5.41) is 9.97. The first-order valence-electron chi connectivity index (χ1n) is 7.58. The van der Waals surface area contributed by atoms with E-state index in [1.807, 2.05) is 24.3 Å². The zero-order valence-corrected chi connectivity index (χ0v) is 12.3. The van der Waals surface area contributed by atoms with Gasteiger partial charge in [0.1, 0.15) is 5.69 Å². The van der Waals surface area contributed by atoms with Gasteiger partial charge in [0.25, 0.3) is 0 Å². The van der Waals surface area contributed by atoms with E-state index in [-0.39, 0.29) is 0 Å². The molecule has 0 bridgehead atoms. The van der Waals surface area contributed by atoms with Crippen LogP contribution in [0.1, 0.15) is 0 Å². The molecule has 23 heavy (non-hydrogen) atoms. The molecule has 0 aliphatic rings. The first-order valence-corrected chi connectivity index (χ1v) is 7.58. The number of benzene rings is 2. The van der Waals surface area contributed by atoms with Crippen LogP contribution in [0.4, 0.5) is 0 Å². The number of hydrogen-bond acceptors (Lipinski definition) is 1. The fourth-order valence-corrected chi connectivity index (χ4v) is 3.03. The first-order chi connectivity index (χ1) is 11.4. The number of H-pyrrole nitrogens is 3. The normalized spacial score (nSPS) is 11.5. The largest absolute Gasteiger partial charge is 0.353 e. The number of nitrogens with zero attached hydrogens (tertiary/aromatic N) is 1. The van der Waals surface area contributed by atoms with E-state index < -0.39 is 0 Å². The monoisotopic (exact) mass is 298 g/mol. The van der Waals surface area contributed by atoms with Crippen LogP contribution in [0.15, 0.2) is 66.7 Å². The van der Waals surface area contributed by atoms with E-state index in [4.69, 9.17) is 0 Å². The van der Waals surface area contributed by atoms with Crippen molar-refractivity contribution in [1.29, 1.82) is 0 Å². The Labute approximate surface area is 132 Å². The highest BCUT2D eigenvalue weighted by Gasteiger charge is 2.10. The quantitative estimate of drug-likeness (QED) is 0.434. The van der Waals surface area contributed by atoms with Crippen molar-refractivity contribution in [2.45, 2.75) is 0 Å². The summed E-state index contributed by atoms with van der Waals surface area (Å²) in [5.41, 5.74) is 6.21.